The number of likely N-dealkylation sites (tertiary alicyclic amines) is 1. The van der Waals surface area contributed by atoms with Crippen LogP contribution >= 0.6 is 0 Å². The second-order valence-corrected chi connectivity index (χ2v) is 9.78. The molecule has 4 nitrogen and oxygen atoms in total. The van der Waals surface area contributed by atoms with Crippen molar-refractivity contribution >= 4 is 5.97 Å². The van der Waals surface area contributed by atoms with Crippen molar-refractivity contribution in [3.05, 3.63) is 100 Å². The Hall–Kier alpha value is -3.25. The van der Waals surface area contributed by atoms with Crippen LogP contribution in [0.4, 0.5) is 8.78 Å². The summed E-state index contributed by atoms with van der Waals surface area (Å²) in [5, 5.41) is 8.99. The fourth-order valence-corrected chi connectivity index (χ4v) is 4.71. The molecule has 0 amide bonds. The average molecular weight is 494 g/mol. The third kappa shape index (κ3) is 6.49. The predicted molar refractivity (Wildman–Crippen MR) is 136 cm³/mol. The third-order valence-electron chi connectivity index (χ3n) is 7.06. The first-order chi connectivity index (χ1) is 17.3. The maximum atomic E-state index is 14.7. The van der Waals surface area contributed by atoms with E-state index in [1.165, 1.54) is 11.6 Å². The van der Waals surface area contributed by atoms with Gasteiger partial charge < -0.3 is 9.84 Å². The number of nitrogens with zero attached hydrogens (tertiary/aromatic N) is 1. The van der Waals surface area contributed by atoms with E-state index in [4.69, 9.17) is 9.84 Å². The number of carbonyl (C=O) groups is 1. The topological polar surface area (TPSA) is 49.8 Å². The summed E-state index contributed by atoms with van der Waals surface area (Å²) in [4.78, 5) is 13.0. The Labute approximate surface area is 211 Å². The molecule has 0 radical (unpaired) electrons. The molecule has 1 unspecified atom stereocenters. The van der Waals surface area contributed by atoms with Gasteiger partial charge in [-0.1, -0.05) is 36.4 Å². The second-order valence-electron chi connectivity index (χ2n) is 9.78. The maximum absolute atomic E-state index is 14.7. The molecular formula is C30H33F2NO3. The Bertz CT molecular complexity index is 1190. The smallest absolute Gasteiger partial charge is 0.309 e. The monoisotopic (exact) mass is 493 g/mol. The highest BCUT2D eigenvalue weighted by atomic mass is 19.1. The lowest BCUT2D eigenvalue weighted by Gasteiger charge is -2.36. The van der Waals surface area contributed by atoms with Crippen molar-refractivity contribution in [2.75, 3.05) is 19.7 Å². The van der Waals surface area contributed by atoms with E-state index in [1.54, 1.807) is 6.07 Å². The quantitative estimate of drug-likeness (QED) is 0.311. The van der Waals surface area contributed by atoms with Gasteiger partial charge in [-0.25, -0.2) is 8.78 Å². The van der Waals surface area contributed by atoms with E-state index < -0.39 is 17.6 Å². The molecule has 1 atom stereocenters. The van der Waals surface area contributed by atoms with Crippen LogP contribution in [-0.2, 0) is 11.3 Å². The minimum absolute atomic E-state index is 0.147. The highest BCUT2D eigenvalue weighted by Crippen LogP contribution is 2.33. The first kappa shape index (κ1) is 25.8. The van der Waals surface area contributed by atoms with Crippen molar-refractivity contribution in [1.82, 2.24) is 4.90 Å². The summed E-state index contributed by atoms with van der Waals surface area (Å²) in [6, 6.07) is 17.9. The van der Waals surface area contributed by atoms with Gasteiger partial charge in [-0.05, 0) is 79.1 Å². The Morgan fingerprint density at radius 2 is 1.75 bits per heavy atom. The van der Waals surface area contributed by atoms with Gasteiger partial charge in [0, 0.05) is 31.6 Å². The van der Waals surface area contributed by atoms with Crippen molar-refractivity contribution in [3.63, 3.8) is 0 Å². The number of ether oxygens (including phenoxy) is 1. The summed E-state index contributed by atoms with van der Waals surface area (Å²) >= 11 is 0. The highest BCUT2D eigenvalue weighted by molar-refractivity contribution is 5.71. The molecule has 6 heteroatoms. The van der Waals surface area contributed by atoms with Crippen molar-refractivity contribution in [2.24, 2.45) is 5.92 Å². The Balaban J connectivity index is 1.28. The zero-order chi connectivity index (χ0) is 25.7. The summed E-state index contributed by atoms with van der Waals surface area (Å²) in [5.41, 5.74) is 5.03. The van der Waals surface area contributed by atoms with Crippen molar-refractivity contribution in [3.8, 4) is 5.75 Å². The Kier molecular flexibility index (Phi) is 8.36. The van der Waals surface area contributed by atoms with Crippen LogP contribution in [0.1, 0.15) is 53.0 Å². The molecule has 1 fully saturated rings. The van der Waals surface area contributed by atoms with Crippen LogP contribution in [0.5, 0.6) is 5.75 Å². The van der Waals surface area contributed by atoms with Gasteiger partial charge >= 0.3 is 5.97 Å². The number of carboxylic acids is 1. The molecule has 1 aliphatic rings. The Morgan fingerprint density at radius 1 is 1.00 bits per heavy atom. The number of unbranched alkanes of at least 4 members (excludes halogenated alkanes) is 1. The fraction of sp³-hybridized carbons (Fsp3) is 0.367. The van der Waals surface area contributed by atoms with Crippen molar-refractivity contribution in [1.29, 1.82) is 0 Å². The molecule has 1 saturated heterocycles. The van der Waals surface area contributed by atoms with Gasteiger partial charge in [0.1, 0.15) is 17.4 Å². The fourth-order valence-electron chi connectivity index (χ4n) is 4.71. The van der Waals surface area contributed by atoms with E-state index in [1.807, 2.05) is 37.3 Å². The molecule has 1 aliphatic heterocycles. The molecule has 36 heavy (non-hydrogen) atoms. The van der Waals surface area contributed by atoms with Gasteiger partial charge in [0.05, 0.1) is 12.5 Å². The number of carboxylic acid groups (broad SMARTS) is 1. The van der Waals surface area contributed by atoms with Crippen molar-refractivity contribution in [2.45, 2.75) is 45.6 Å². The van der Waals surface area contributed by atoms with Crippen LogP contribution < -0.4 is 4.74 Å². The summed E-state index contributed by atoms with van der Waals surface area (Å²) < 4.78 is 34.1. The summed E-state index contributed by atoms with van der Waals surface area (Å²) in [7, 11) is 0. The second kappa shape index (κ2) is 11.7. The molecule has 0 aromatic heterocycles. The molecule has 1 heterocycles. The number of rotatable bonds is 11. The lowest BCUT2D eigenvalue weighted by molar-refractivity contribution is -0.147. The molecule has 190 valence electrons. The van der Waals surface area contributed by atoms with Gasteiger partial charge in [-0.3, -0.25) is 9.69 Å². The number of halogens is 2. The number of aryl methyl sites for hydroxylation is 2. The first-order valence-corrected chi connectivity index (χ1v) is 12.5. The summed E-state index contributed by atoms with van der Waals surface area (Å²) in [5.74, 6) is -1.40. The SMILES string of the molecule is Cc1ccc(C(CCCCOc2ccc(CN3CC(C(=O)O)C3)cc2)c2ccc(F)cc2F)cc1C. The van der Waals surface area contributed by atoms with Crippen LogP contribution in [-0.4, -0.2) is 35.7 Å². The highest BCUT2D eigenvalue weighted by Gasteiger charge is 2.32. The average Bonchev–Trinajstić information content (AvgIpc) is 2.81. The zero-order valence-electron chi connectivity index (χ0n) is 20.8. The number of hydrogen-bond donors (Lipinski definition) is 1. The zero-order valence-corrected chi connectivity index (χ0v) is 20.8. The van der Waals surface area contributed by atoms with Crippen LogP contribution in [0.25, 0.3) is 0 Å². The van der Waals surface area contributed by atoms with E-state index in [-0.39, 0.29) is 11.8 Å². The number of hydrogen-bond acceptors (Lipinski definition) is 3. The van der Waals surface area contributed by atoms with E-state index >= 15 is 0 Å². The van der Waals surface area contributed by atoms with Gasteiger partial charge in [-0.2, -0.15) is 0 Å². The standard InChI is InChI=1S/C30H33F2NO3/c1-20-6-9-23(15-21(20)2)27(28-13-10-25(31)16-29(28)32)5-3-4-14-36-26-11-7-22(8-12-26)17-33-18-24(19-33)30(34)35/h6-13,15-16,24,27H,3-5,14,17-19H2,1-2H3,(H,34,35). The Morgan fingerprint density at radius 3 is 2.42 bits per heavy atom. The minimum Gasteiger partial charge on any atom is -0.494 e. The van der Waals surface area contributed by atoms with Gasteiger partial charge in [0.2, 0.25) is 0 Å². The van der Waals surface area contributed by atoms with Crippen LogP contribution in [0.3, 0.4) is 0 Å². The molecular weight excluding hydrogens is 460 g/mol. The first-order valence-electron chi connectivity index (χ1n) is 12.5. The van der Waals surface area contributed by atoms with E-state index in [2.05, 4.69) is 24.0 Å². The predicted octanol–water partition coefficient (Wildman–Crippen LogP) is 6.48. The molecule has 0 bridgehead atoms. The molecule has 4 rings (SSSR count). The van der Waals surface area contributed by atoms with E-state index in [9.17, 15) is 13.6 Å². The molecule has 0 saturated carbocycles. The molecule has 1 N–H and O–H groups in total. The van der Waals surface area contributed by atoms with Crippen LogP contribution in [0.15, 0.2) is 60.7 Å². The van der Waals surface area contributed by atoms with Crippen LogP contribution in [0, 0.1) is 31.4 Å². The number of aliphatic carboxylic acids is 1. The lowest BCUT2D eigenvalue weighted by Crippen LogP contribution is -2.49. The molecule has 0 spiro atoms. The third-order valence-corrected chi connectivity index (χ3v) is 7.06. The van der Waals surface area contributed by atoms with Gasteiger partial charge in [0.25, 0.3) is 0 Å². The van der Waals surface area contributed by atoms with Crippen molar-refractivity contribution < 1.29 is 23.4 Å². The van der Waals surface area contributed by atoms with Gasteiger partial charge in [-0.15, -0.1) is 0 Å². The van der Waals surface area contributed by atoms with Crippen LogP contribution in [0.2, 0.25) is 0 Å². The molecule has 3 aromatic carbocycles. The normalized spacial score (nSPS) is 14.9. The minimum atomic E-state index is -0.724. The number of benzene rings is 3. The summed E-state index contributed by atoms with van der Waals surface area (Å²) in [6.45, 7) is 6.58. The maximum Gasteiger partial charge on any atom is 0.309 e. The largest absolute Gasteiger partial charge is 0.494 e. The lowest BCUT2D eigenvalue weighted by atomic mass is 9.85. The van der Waals surface area contributed by atoms with Gasteiger partial charge in [0.15, 0.2) is 0 Å². The van der Waals surface area contributed by atoms with E-state index in [0.29, 0.717) is 25.3 Å². The van der Waals surface area contributed by atoms with E-state index in [0.717, 1.165) is 54.3 Å². The molecule has 0 aliphatic carbocycles. The molecule has 3 aromatic rings. The summed E-state index contributed by atoms with van der Waals surface area (Å²) in [6.07, 6.45) is 2.39.